The fourth-order valence-corrected chi connectivity index (χ4v) is 6.22. The summed E-state index contributed by atoms with van der Waals surface area (Å²) in [5.74, 6) is 0. The van der Waals surface area contributed by atoms with Crippen LogP contribution in [0.4, 0.5) is 0 Å². The number of aromatic nitrogens is 2. The number of pyridine rings is 1. The third-order valence-electron chi connectivity index (χ3n) is 5.70. The van der Waals surface area contributed by atoms with E-state index >= 15 is 0 Å². The predicted octanol–water partition coefficient (Wildman–Crippen LogP) is 5.48. The van der Waals surface area contributed by atoms with Crippen LogP contribution in [0.1, 0.15) is 30.6 Å². The third kappa shape index (κ3) is 3.50. The van der Waals surface area contributed by atoms with Crippen molar-refractivity contribution in [3.8, 4) is 11.1 Å². The smallest absolute Gasteiger partial charge is 0.144 e. The van der Waals surface area contributed by atoms with E-state index in [0.29, 0.717) is 11.3 Å². The molecule has 1 fully saturated rings. The number of benzene rings is 1. The lowest BCUT2D eigenvalue weighted by Gasteiger charge is -2.29. The first kappa shape index (κ1) is 19.2. The molecule has 1 saturated carbocycles. The number of thioether (sulfide) groups is 1. The van der Waals surface area contributed by atoms with Gasteiger partial charge in [-0.15, -0.1) is 11.8 Å². The van der Waals surface area contributed by atoms with Crippen molar-refractivity contribution in [2.75, 3.05) is 13.7 Å². The topological polar surface area (TPSA) is 38.6 Å². The molecule has 0 radical (unpaired) electrons. The molecule has 29 heavy (non-hydrogen) atoms. The van der Waals surface area contributed by atoms with Crippen LogP contribution in [0.5, 0.6) is 0 Å². The first-order valence-electron chi connectivity index (χ1n) is 9.95. The molecule has 2 aromatic heterocycles. The molecule has 3 unspecified atom stereocenters. The molecule has 1 aliphatic carbocycles. The highest BCUT2D eigenvalue weighted by atomic mass is 35.5. The van der Waals surface area contributed by atoms with Crippen molar-refractivity contribution >= 4 is 29.0 Å². The van der Waals surface area contributed by atoms with Crippen molar-refractivity contribution in [3.05, 3.63) is 71.2 Å². The van der Waals surface area contributed by atoms with E-state index in [1.54, 1.807) is 7.11 Å². The van der Waals surface area contributed by atoms with Crippen molar-refractivity contribution in [2.45, 2.75) is 35.9 Å². The Hall–Kier alpha value is -1.79. The molecule has 3 atom stereocenters. The van der Waals surface area contributed by atoms with Gasteiger partial charge >= 0.3 is 0 Å². The van der Waals surface area contributed by atoms with E-state index < -0.39 is 0 Å². The van der Waals surface area contributed by atoms with Gasteiger partial charge in [-0.05, 0) is 36.6 Å². The van der Waals surface area contributed by atoms with Gasteiger partial charge in [0.1, 0.15) is 5.65 Å². The zero-order valence-electron chi connectivity index (χ0n) is 16.6. The Morgan fingerprint density at radius 1 is 1.38 bits per heavy atom. The van der Waals surface area contributed by atoms with Gasteiger partial charge in [0, 0.05) is 59.6 Å². The number of hydrogen-bond donors (Lipinski definition) is 1. The fourth-order valence-electron chi connectivity index (χ4n) is 4.30. The minimum atomic E-state index is 0.0648. The summed E-state index contributed by atoms with van der Waals surface area (Å²) >= 11 is 8.56. The van der Waals surface area contributed by atoms with E-state index in [2.05, 4.69) is 46.0 Å². The van der Waals surface area contributed by atoms with Crippen LogP contribution in [-0.2, 0) is 4.74 Å². The number of ether oxygens (including phenoxy) is 1. The summed E-state index contributed by atoms with van der Waals surface area (Å²) in [5.41, 5.74) is 5.87. The largest absolute Gasteiger partial charge is 0.383 e. The number of imidazole rings is 1. The van der Waals surface area contributed by atoms with Gasteiger partial charge in [-0.1, -0.05) is 35.9 Å². The second-order valence-electron chi connectivity index (χ2n) is 7.90. The van der Waals surface area contributed by atoms with E-state index in [1.165, 1.54) is 11.1 Å². The molecule has 2 aliphatic rings. The van der Waals surface area contributed by atoms with E-state index in [0.717, 1.165) is 41.2 Å². The highest BCUT2D eigenvalue weighted by Gasteiger charge is 2.53. The Balaban J connectivity index is 1.50. The maximum Gasteiger partial charge on any atom is 0.144 e. The van der Waals surface area contributed by atoms with Crippen molar-refractivity contribution in [2.24, 2.45) is 0 Å². The average Bonchev–Trinajstić information content (AvgIpc) is 3.20. The number of methoxy groups -OCH3 is 1. The van der Waals surface area contributed by atoms with E-state index in [1.807, 2.05) is 42.4 Å². The van der Waals surface area contributed by atoms with Crippen molar-refractivity contribution in [1.82, 2.24) is 14.7 Å². The van der Waals surface area contributed by atoms with Crippen LogP contribution < -0.4 is 5.32 Å². The highest BCUT2D eigenvalue weighted by molar-refractivity contribution is 8.01. The molecule has 1 aromatic carbocycles. The van der Waals surface area contributed by atoms with Gasteiger partial charge in [-0.2, -0.15) is 0 Å². The van der Waals surface area contributed by atoms with Crippen LogP contribution >= 0.6 is 23.4 Å². The minimum absolute atomic E-state index is 0.0648. The molecule has 4 nitrogen and oxygen atoms in total. The van der Waals surface area contributed by atoms with E-state index in [-0.39, 0.29) is 4.87 Å². The number of hydrogen-bond acceptors (Lipinski definition) is 4. The number of fused-ring (bicyclic) bond motifs is 2. The van der Waals surface area contributed by atoms with E-state index in [4.69, 9.17) is 16.3 Å². The summed E-state index contributed by atoms with van der Waals surface area (Å²) in [6.45, 7) is 2.91. The Morgan fingerprint density at radius 2 is 2.24 bits per heavy atom. The molecule has 0 saturated heterocycles. The summed E-state index contributed by atoms with van der Waals surface area (Å²) in [7, 11) is 1.76. The van der Waals surface area contributed by atoms with Crippen molar-refractivity contribution in [1.29, 1.82) is 0 Å². The van der Waals surface area contributed by atoms with Gasteiger partial charge < -0.3 is 9.14 Å². The normalized spacial score (nSPS) is 24.2. The van der Waals surface area contributed by atoms with Gasteiger partial charge in [-0.25, -0.2) is 4.98 Å². The summed E-state index contributed by atoms with van der Waals surface area (Å²) in [5, 5.41) is 4.92. The van der Waals surface area contributed by atoms with Gasteiger partial charge in [0.25, 0.3) is 0 Å². The van der Waals surface area contributed by atoms with Crippen LogP contribution in [0.3, 0.4) is 0 Å². The molecule has 3 aromatic rings. The van der Waals surface area contributed by atoms with Crippen molar-refractivity contribution in [3.63, 3.8) is 0 Å². The van der Waals surface area contributed by atoms with Crippen molar-refractivity contribution < 1.29 is 4.74 Å². The number of nitrogens with one attached hydrogen (secondary N) is 1. The molecule has 0 spiro atoms. The summed E-state index contributed by atoms with van der Waals surface area (Å²) in [6, 6.07) is 10.6. The number of allylic oxidation sites excluding steroid dienone is 1. The zero-order chi connectivity index (χ0) is 20.0. The molecule has 1 aliphatic heterocycles. The van der Waals surface area contributed by atoms with Gasteiger partial charge in [0.15, 0.2) is 0 Å². The second kappa shape index (κ2) is 7.47. The SMILES string of the molecule is COCC(C)NC12CC1=CCC(c1cc(-c3ccccc3Cl)c3nccn3c1)S2. The van der Waals surface area contributed by atoms with Gasteiger partial charge in [0.2, 0.25) is 0 Å². The molecule has 5 rings (SSSR count). The first-order valence-corrected chi connectivity index (χ1v) is 11.2. The molecule has 3 heterocycles. The predicted molar refractivity (Wildman–Crippen MR) is 120 cm³/mol. The number of halogens is 1. The second-order valence-corrected chi connectivity index (χ2v) is 9.81. The maximum atomic E-state index is 6.53. The molecule has 150 valence electrons. The van der Waals surface area contributed by atoms with Crippen LogP contribution in [0, 0.1) is 0 Å². The van der Waals surface area contributed by atoms with E-state index in [9.17, 15) is 0 Å². The zero-order valence-corrected chi connectivity index (χ0v) is 18.1. The summed E-state index contributed by atoms with van der Waals surface area (Å²) < 4.78 is 7.44. The Kier molecular flexibility index (Phi) is 4.95. The monoisotopic (exact) mass is 425 g/mol. The lowest BCUT2D eigenvalue weighted by Crippen LogP contribution is -2.40. The number of nitrogens with zero attached hydrogens (tertiary/aromatic N) is 2. The fraction of sp³-hybridized carbons (Fsp3) is 0.348. The highest BCUT2D eigenvalue weighted by Crippen LogP contribution is 2.61. The molecule has 0 amide bonds. The Morgan fingerprint density at radius 3 is 3.07 bits per heavy atom. The summed E-state index contributed by atoms with van der Waals surface area (Å²) in [6.07, 6.45) is 10.7. The third-order valence-corrected chi connectivity index (χ3v) is 7.70. The summed E-state index contributed by atoms with van der Waals surface area (Å²) in [4.78, 5) is 4.64. The molecular weight excluding hydrogens is 402 g/mol. The average molecular weight is 426 g/mol. The van der Waals surface area contributed by atoms with Gasteiger partial charge in [-0.3, -0.25) is 5.32 Å². The quantitative estimate of drug-likeness (QED) is 0.530. The standard InChI is InChI=1S/C23H24ClN3OS/c1-15(14-28-2)26-23-12-17(23)7-8-21(29-23)16-11-19(18-5-3-4-6-20(18)24)22-25-9-10-27(22)13-16/h3-7,9-11,13,15,21,26H,8,12,14H2,1-2H3. The van der Waals surface area contributed by atoms with Crippen LogP contribution in [0.15, 0.2) is 60.6 Å². The maximum absolute atomic E-state index is 6.53. The van der Waals surface area contributed by atoms with Crippen LogP contribution in [0.25, 0.3) is 16.8 Å². The molecule has 6 heteroatoms. The Labute approximate surface area is 180 Å². The lowest BCUT2D eigenvalue weighted by molar-refractivity contribution is 0.170. The molecule has 0 bridgehead atoms. The molecule has 1 N–H and O–H groups in total. The minimum Gasteiger partial charge on any atom is -0.383 e. The molecular formula is C23H24ClN3OS. The lowest BCUT2D eigenvalue weighted by atomic mass is 10.0. The number of rotatable bonds is 6. The van der Waals surface area contributed by atoms with Crippen LogP contribution in [-0.4, -0.2) is 34.0 Å². The first-order chi connectivity index (χ1) is 14.1. The Bertz CT molecular complexity index is 1090. The van der Waals surface area contributed by atoms with Crippen LogP contribution in [0.2, 0.25) is 5.02 Å². The van der Waals surface area contributed by atoms with Gasteiger partial charge in [0.05, 0.1) is 11.5 Å².